The van der Waals surface area contributed by atoms with E-state index in [9.17, 15) is 4.39 Å². The van der Waals surface area contributed by atoms with Crippen molar-refractivity contribution in [2.75, 3.05) is 5.32 Å². The summed E-state index contributed by atoms with van der Waals surface area (Å²) in [5.74, 6) is 0.471. The van der Waals surface area contributed by atoms with Gasteiger partial charge in [0, 0.05) is 36.0 Å². The summed E-state index contributed by atoms with van der Waals surface area (Å²) in [6.45, 7) is 0.562. The number of anilines is 1. The molecule has 0 saturated heterocycles. The molecule has 0 saturated carbocycles. The molecule has 0 amide bonds. The molecule has 4 aromatic rings. The summed E-state index contributed by atoms with van der Waals surface area (Å²) in [7, 11) is 0. The minimum absolute atomic E-state index is 0.240. The maximum Gasteiger partial charge on any atom is 0.137 e. The Morgan fingerprint density at radius 3 is 2.79 bits per heavy atom. The van der Waals surface area contributed by atoms with Crippen LogP contribution in [-0.2, 0) is 6.54 Å². The van der Waals surface area contributed by atoms with E-state index >= 15 is 0 Å². The van der Waals surface area contributed by atoms with Crippen LogP contribution in [0.1, 0.15) is 5.56 Å². The smallest absolute Gasteiger partial charge is 0.137 e. The van der Waals surface area contributed by atoms with E-state index in [1.165, 1.54) is 18.5 Å². The van der Waals surface area contributed by atoms with Gasteiger partial charge in [-0.2, -0.15) is 0 Å². The van der Waals surface area contributed by atoms with Gasteiger partial charge in [-0.05, 0) is 29.8 Å². The van der Waals surface area contributed by atoms with Gasteiger partial charge in [0.05, 0.1) is 5.69 Å². The zero-order chi connectivity index (χ0) is 16.4. The Hall–Kier alpha value is -3.28. The average molecular weight is 319 g/mol. The summed E-state index contributed by atoms with van der Waals surface area (Å²) in [4.78, 5) is 16.0. The number of fused-ring (bicyclic) bond motifs is 1. The normalized spacial score (nSPS) is 10.9. The molecule has 0 bridgehead atoms. The molecule has 0 atom stereocenters. The zero-order valence-electron chi connectivity index (χ0n) is 12.7. The standard InChI is InChI=1S/C18H14FN5/c19-13-5-3-12(4-6-13)9-21-17-8-16(23-11-24-17)15-10-22-18-14(15)2-1-7-20-18/h1-8,10-11H,9H2,(H,20,22)(H,21,23,24). The number of nitrogens with one attached hydrogen (secondary N) is 2. The molecule has 0 aliphatic rings. The fourth-order valence-electron chi connectivity index (χ4n) is 2.56. The van der Waals surface area contributed by atoms with Gasteiger partial charge in [-0.3, -0.25) is 0 Å². The number of hydrogen-bond acceptors (Lipinski definition) is 4. The van der Waals surface area contributed by atoms with Crippen molar-refractivity contribution in [2.45, 2.75) is 6.54 Å². The number of benzene rings is 1. The van der Waals surface area contributed by atoms with Gasteiger partial charge in [-0.15, -0.1) is 0 Å². The first-order valence-electron chi connectivity index (χ1n) is 7.52. The van der Waals surface area contributed by atoms with E-state index in [0.717, 1.165) is 27.9 Å². The number of nitrogens with zero attached hydrogens (tertiary/aromatic N) is 3. The van der Waals surface area contributed by atoms with Crippen LogP contribution < -0.4 is 5.32 Å². The predicted molar refractivity (Wildman–Crippen MR) is 90.8 cm³/mol. The minimum Gasteiger partial charge on any atom is -0.366 e. The first-order valence-corrected chi connectivity index (χ1v) is 7.52. The van der Waals surface area contributed by atoms with Crippen LogP contribution in [0.2, 0.25) is 0 Å². The summed E-state index contributed by atoms with van der Waals surface area (Å²) in [5, 5.41) is 4.25. The maximum absolute atomic E-state index is 12.9. The maximum atomic E-state index is 12.9. The van der Waals surface area contributed by atoms with Crippen molar-refractivity contribution in [1.29, 1.82) is 0 Å². The zero-order valence-corrected chi connectivity index (χ0v) is 12.7. The lowest BCUT2D eigenvalue weighted by molar-refractivity contribution is 0.627. The Labute approximate surface area is 137 Å². The second-order valence-corrected chi connectivity index (χ2v) is 5.37. The van der Waals surface area contributed by atoms with Crippen molar-refractivity contribution >= 4 is 16.9 Å². The third-order valence-corrected chi connectivity index (χ3v) is 3.78. The van der Waals surface area contributed by atoms with E-state index in [-0.39, 0.29) is 5.82 Å². The number of aromatic amines is 1. The summed E-state index contributed by atoms with van der Waals surface area (Å²) in [6, 6.07) is 12.2. The van der Waals surface area contributed by atoms with E-state index < -0.39 is 0 Å². The molecule has 1 aromatic carbocycles. The fraction of sp³-hybridized carbons (Fsp3) is 0.0556. The molecule has 24 heavy (non-hydrogen) atoms. The first-order chi connectivity index (χ1) is 11.8. The molecule has 118 valence electrons. The lowest BCUT2D eigenvalue weighted by Crippen LogP contribution is -2.02. The number of halogens is 1. The highest BCUT2D eigenvalue weighted by Gasteiger charge is 2.08. The van der Waals surface area contributed by atoms with E-state index in [4.69, 9.17) is 0 Å². The lowest BCUT2D eigenvalue weighted by atomic mass is 10.1. The SMILES string of the molecule is Fc1ccc(CNc2cc(-c3c[nH]c4ncccc34)ncn2)cc1. The van der Waals surface area contributed by atoms with Gasteiger partial charge < -0.3 is 10.3 Å². The summed E-state index contributed by atoms with van der Waals surface area (Å²) < 4.78 is 12.9. The van der Waals surface area contributed by atoms with Crippen LogP contribution in [0.4, 0.5) is 10.2 Å². The Morgan fingerprint density at radius 2 is 1.92 bits per heavy atom. The van der Waals surface area contributed by atoms with Gasteiger partial charge >= 0.3 is 0 Å². The van der Waals surface area contributed by atoms with Crippen molar-refractivity contribution in [3.05, 3.63) is 72.6 Å². The minimum atomic E-state index is -0.240. The van der Waals surface area contributed by atoms with Gasteiger partial charge in [-0.25, -0.2) is 19.3 Å². The van der Waals surface area contributed by atoms with Gasteiger partial charge in [0.25, 0.3) is 0 Å². The first kappa shape index (κ1) is 14.3. The van der Waals surface area contributed by atoms with Gasteiger partial charge in [-0.1, -0.05) is 12.1 Å². The Bertz CT molecular complexity index is 978. The van der Waals surface area contributed by atoms with Crippen molar-refractivity contribution < 1.29 is 4.39 Å². The summed E-state index contributed by atoms with van der Waals surface area (Å²) >= 11 is 0. The average Bonchev–Trinajstić information content (AvgIpc) is 3.06. The van der Waals surface area contributed by atoms with Gasteiger partial charge in [0.15, 0.2) is 0 Å². The van der Waals surface area contributed by atoms with Crippen LogP contribution >= 0.6 is 0 Å². The van der Waals surface area contributed by atoms with Crippen LogP contribution in [0.3, 0.4) is 0 Å². The molecular weight excluding hydrogens is 305 g/mol. The Kier molecular flexibility index (Phi) is 3.63. The predicted octanol–water partition coefficient (Wildman–Crippen LogP) is 3.77. The lowest BCUT2D eigenvalue weighted by Gasteiger charge is -2.07. The molecule has 3 heterocycles. The third-order valence-electron chi connectivity index (χ3n) is 3.78. The number of rotatable bonds is 4. The molecule has 0 spiro atoms. The van der Waals surface area contributed by atoms with Crippen molar-refractivity contribution in [3.8, 4) is 11.3 Å². The van der Waals surface area contributed by atoms with Crippen LogP contribution in [-0.4, -0.2) is 19.9 Å². The van der Waals surface area contributed by atoms with E-state index in [0.29, 0.717) is 12.4 Å². The molecular formula is C18H14FN5. The van der Waals surface area contributed by atoms with E-state index in [2.05, 4.69) is 25.3 Å². The quantitative estimate of drug-likeness (QED) is 0.601. The Balaban J connectivity index is 1.58. The molecule has 3 aromatic heterocycles. The number of hydrogen-bond donors (Lipinski definition) is 2. The van der Waals surface area contributed by atoms with Gasteiger partial charge in [0.1, 0.15) is 23.6 Å². The van der Waals surface area contributed by atoms with E-state index in [1.54, 1.807) is 18.3 Å². The molecule has 0 aliphatic heterocycles. The summed E-state index contributed by atoms with van der Waals surface area (Å²) in [6.07, 6.45) is 5.17. The van der Waals surface area contributed by atoms with Crippen LogP contribution in [0, 0.1) is 5.82 Å². The number of aromatic nitrogens is 4. The number of H-pyrrole nitrogens is 1. The molecule has 0 unspecified atom stereocenters. The van der Waals surface area contributed by atoms with Gasteiger partial charge in [0.2, 0.25) is 0 Å². The Morgan fingerprint density at radius 1 is 1.04 bits per heavy atom. The molecule has 0 aliphatic carbocycles. The highest BCUT2D eigenvalue weighted by atomic mass is 19.1. The third kappa shape index (κ3) is 2.81. The molecule has 2 N–H and O–H groups in total. The molecule has 0 fully saturated rings. The second-order valence-electron chi connectivity index (χ2n) is 5.37. The number of pyridine rings is 1. The molecule has 4 rings (SSSR count). The summed E-state index contributed by atoms with van der Waals surface area (Å²) in [5.41, 5.74) is 3.59. The second kappa shape index (κ2) is 6.08. The van der Waals surface area contributed by atoms with Crippen LogP contribution in [0.15, 0.2) is 61.2 Å². The fourth-order valence-corrected chi connectivity index (χ4v) is 2.56. The van der Waals surface area contributed by atoms with Crippen molar-refractivity contribution in [2.24, 2.45) is 0 Å². The molecule has 0 radical (unpaired) electrons. The highest BCUT2D eigenvalue weighted by molar-refractivity contribution is 5.92. The molecule has 6 heteroatoms. The van der Waals surface area contributed by atoms with Crippen LogP contribution in [0.25, 0.3) is 22.3 Å². The highest BCUT2D eigenvalue weighted by Crippen LogP contribution is 2.26. The van der Waals surface area contributed by atoms with Crippen molar-refractivity contribution in [3.63, 3.8) is 0 Å². The van der Waals surface area contributed by atoms with Crippen LogP contribution in [0.5, 0.6) is 0 Å². The largest absolute Gasteiger partial charge is 0.366 e. The topological polar surface area (TPSA) is 66.5 Å². The van der Waals surface area contributed by atoms with E-state index in [1.807, 2.05) is 24.4 Å². The monoisotopic (exact) mass is 319 g/mol. The van der Waals surface area contributed by atoms with Crippen molar-refractivity contribution in [1.82, 2.24) is 19.9 Å². The molecule has 5 nitrogen and oxygen atoms in total.